The number of allylic oxidation sites excluding steroid dienone is 1. The Morgan fingerprint density at radius 3 is 2.23 bits per heavy atom. The number of anilines is 1. The third-order valence-corrected chi connectivity index (χ3v) is 5.90. The number of aliphatic hydroxyl groups excluding tert-OH is 1. The van der Waals surface area contributed by atoms with Crippen LogP contribution in [0.4, 0.5) is 17.1 Å². The van der Waals surface area contributed by atoms with Crippen molar-refractivity contribution in [2.45, 2.75) is 60.4 Å². The van der Waals surface area contributed by atoms with Crippen LogP contribution in [-0.4, -0.2) is 16.7 Å². The van der Waals surface area contributed by atoms with E-state index in [1.54, 1.807) is 0 Å². The second kappa shape index (κ2) is 19.0. The standard InChI is InChI=1S/C32H39N4O.C2H6.K/c1-6-8-16-36(33)23-28-19-31(21-32(20-28)35(7-2)22-24(3)4)34-30-11-9-10-27(18-30)17-26-12-14-29(15-13-26)25(5)37;1-2;/h7,9-15,18-22,37H,2,5-6,8,16-17,23,33H2,1,3-4H3;1-2H3;/q-1;;+1. The van der Waals surface area contributed by atoms with Crippen LogP contribution in [0.15, 0.2) is 97.9 Å². The Morgan fingerprint density at radius 2 is 1.62 bits per heavy atom. The summed E-state index contributed by atoms with van der Waals surface area (Å²) in [5.74, 6) is 6.37. The summed E-state index contributed by atoms with van der Waals surface area (Å²) in [7, 11) is 0. The molecule has 3 rings (SSSR count). The van der Waals surface area contributed by atoms with E-state index >= 15 is 0 Å². The second-order valence-electron chi connectivity index (χ2n) is 9.58. The number of benzene rings is 3. The summed E-state index contributed by atoms with van der Waals surface area (Å²) < 4.78 is 0. The molecule has 0 radical (unpaired) electrons. The van der Waals surface area contributed by atoms with Gasteiger partial charge in [-0.1, -0.05) is 107 Å². The molecule has 3 aromatic rings. The molecule has 0 amide bonds. The van der Waals surface area contributed by atoms with Crippen LogP contribution in [0.2, 0.25) is 0 Å². The van der Waals surface area contributed by atoms with Crippen LogP contribution in [0.5, 0.6) is 0 Å². The summed E-state index contributed by atoms with van der Waals surface area (Å²) in [6.45, 7) is 19.4. The minimum atomic E-state index is 0. The van der Waals surface area contributed by atoms with Crippen LogP contribution in [0.25, 0.3) is 11.1 Å². The van der Waals surface area contributed by atoms with Crippen LogP contribution in [0.1, 0.15) is 69.7 Å². The molecule has 0 unspecified atom stereocenters. The summed E-state index contributed by atoms with van der Waals surface area (Å²) in [5.41, 5.74) is 8.09. The third-order valence-electron chi connectivity index (χ3n) is 5.90. The molecular formula is C34H45KN4O. The SMILES string of the molecule is C=CN(C=C(C)C)c1cc(CN(N)CCCC)cc([N-]c2cccc(Cc3ccc(C(=C)O)cc3)c2)c1.CC.[K+]. The molecule has 0 atom stereocenters. The van der Waals surface area contributed by atoms with Gasteiger partial charge in [0.2, 0.25) is 0 Å². The fraction of sp³-hybridized carbons (Fsp3) is 0.294. The number of hydrazine groups is 1. The zero-order chi connectivity index (χ0) is 28.8. The molecule has 208 valence electrons. The molecule has 0 aliphatic rings. The van der Waals surface area contributed by atoms with Gasteiger partial charge in [0.1, 0.15) is 5.76 Å². The summed E-state index contributed by atoms with van der Waals surface area (Å²) in [6.07, 6.45) is 6.82. The van der Waals surface area contributed by atoms with Crippen molar-refractivity contribution in [2.24, 2.45) is 5.84 Å². The van der Waals surface area contributed by atoms with E-state index in [-0.39, 0.29) is 57.1 Å². The first kappa shape index (κ1) is 35.9. The number of aliphatic hydroxyl groups is 1. The van der Waals surface area contributed by atoms with E-state index < -0.39 is 0 Å². The van der Waals surface area contributed by atoms with Crippen LogP contribution in [-0.2, 0) is 13.0 Å². The maximum Gasteiger partial charge on any atom is 1.00 e. The monoisotopic (exact) mass is 564 g/mol. The van der Waals surface area contributed by atoms with Gasteiger partial charge in [0.25, 0.3) is 0 Å². The van der Waals surface area contributed by atoms with E-state index in [0.717, 1.165) is 65.1 Å². The van der Waals surface area contributed by atoms with E-state index in [9.17, 15) is 5.11 Å². The van der Waals surface area contributed by atoms with E-state index in [4.69, 9.17) is 11.2 Å². The Balaban J connectivity index is 0.00000261. The Bertz CT molecular complexity index is 1230. The van der Waals surface area contributed by atoms with Gasteiger partial charge in [0, 0.05) is 36.7 Å². The van der Waals surface area contributed by atoms with Gasteiger partial charge < -0.3 is 15.3 Å². The molecule has 6 heteroatoms. The van der Waals surface area contributed by atoms with Crippen molar-refractivity contribution in [1.82, 2.24) is 5.01 Å². The van der Waals surface area contributed by atoms with Crippen molar-refractivity contribution in [2.75, 3.05) is 11.4 Å². The third kappa shape index (κ3) is 12.1. The van der Waals surface area contributed by atoms with Crippen molar-refractivity contribution >= 4 is 22.8 Å². The normalized spacial score (nSPS) is 10.1. The van der Waals surface area contributed by atoms with E-state index in [2.05, 4.69) is 70.5 Å². The first-order valence-electron chi connectivity index (χ1n) is 13.7. The van der Waals surface area contributed by atoms with Crippen LogP contribution < -0.4 is 62.1 Å². The minimum absolute atomic E-state index is 0. The Kier molecular flexibility index (Phi) is 17.1. The van der Waals surface area contributed by atoms with Gasteiger partial charge in [-0.25, -0.2) is 5.01 Å². The molecule has 0 aliphatic heterocycles. The minimum Gasteiger partial charge on any atom is -0.658 e. The summed E-state index contributed by atoms with van der Waals surface area (Å²) in [6, 6.07) is 22.4. The number of nitrogens with zero attached hydrogens (tertiary/aromatic N) is 3. The number of nitrogens with two attached hydrogens (primary N) is 1. The Labute approximate surface area is 284 Å². The molecule has 0 fully saturated rings. The molecule has 40 heavy (non-hydrogen) atoms. The number of hydrogen-bond donors (Lipinski definition) is 2. The van der Waals surface area contributed by atoms with Gasteiger partial charge in [-0.05, 0) is 49.4 Å². The Morgan fingerprint density at radius 1 is 0.950 bits per heavy atom. The summed E-state index contributed by atoms with van der Waals surface area (Å²) >= 11 is 0. The quantitative estimate of drug-likeness (QED) is 0.107. The molecule has 0 aliphatic carbocycles. The van der Waals surface area contributed by atoms with Gasteiger partial charge in [0.15, 0.2) is 0 Å². The zero-order valence-electron chi connectivity index (χ0n) is 25.3. The fourth-order valence-corrected chi connectivity index (χ4v) is 4.08. The average Bonchev–Trinajstić information content (AvgIpc) is 2.92. The van der Waals surface area contributed by atoms with Crippen molar-refractivity contribution in [1.29, 1.82) is 0 Å². The topological polar surface area (TPSA) is 66.8 Å². The van der Waals surface area contributed by atoms with Crippen molar-refractivity contribution in [3.63, 3.8) is 0 Å². The smallest absolute Gasteiger partial charge is 0.658 e. The van der Waals surface area contributed by atoms with Gasteiger partial charge >= 0.3 is 51.4 Å². The molecular weight excluding hydrogens is 519 g/mol. The molecule has 0 aromatic heterocycles. The summed E-state index contributed by atoms with van der Waals surface area (Å²) in [4.78, 5) is 2.02. The summed E-state index contributed by atoms with van der Waals surface area (Å²) in [5, 5.41) is 16.4. The van der Waals surface area contributed by atoms with Gasteiger partial charge in [-0.3, -0.25) is 5.84 Å². The average molecular weight is 565 g/mol. The van der Waals surface area contributed by atoms with Crippen LogP contribution >= 0.6 is 0 Å². The first-order chi connectivity index (χ1) is 18.8. The molecule has 5 nitrogen and oxygen atoms in total. The van der Waals surface area contributed by atoms with Crippen LogP contribution in [0, 0.1) is 0 Å². The largest absolute Gasteiger partial charge is 1.00 e. The maximum absolute atomic E-state index is 9.57. The fourth-order valence-electron chi connectivity index (χ4n) is 4.08. The molecule has 3 N–H and O–H groups in total. The molecule has 0 heterocycles. The predicted octanol–water partition coefficient (Wildman–Crippen LogP) is 6.52. The van der Waals surface area contributed by atoms with Crippen LogP contribution in [0.3, 0.4) is 0 Å². The zero-order valence-corrected chi connectivity index (χ0v) is 28.4. The number of unbranched alkanes of at least 4 members (excludes halogenated alkanes) is 1. The van der Waals surface area contributed by atoms with Crippen molar-refractivity contribution < 1.29 is 56.5 Å². The Hall–Kier alpha value is -2.16. The van der Waals surface area contributed by atoms with Gasteiger partial charge in [-0.2, -0.15) is 0 Å². The molecule has 3 aromatic carbocycles. The van der Waals surface area contributed by atoms with Crippen molar-refractivity contribution in [3.05, 3.63) is 125 Å². The molecule has 0 saturated carbocycles. The van der Waals surface area contributed by atoms with E-state index in [1.807, 2.05) is 66.4 Å². The number of hydrogen-bond acceptors (Lipinski definition) is 4. The second-order valence-corrected chi connectivity index (χ2v) is 9.58. The maximum atomic E-state index is 9.57. The van der Waals surface area contributed by atoms with E-state index in [0.29, 0.717) is 6.54 Å². The van der Waals surface area contributed by atoms with Gasteiger partial charge in [0.05, 0.1) is 0 Å². The number of rotatable bonds is 13. The molecule has 0 spiro atoms. The van der Waals surface area contributed by atoms with Gasteiger partial charge in [-0.15, -0.1) is 11.4 Å². The van der Waals surface area contributed by atoms with E-state index in [1.165, 1.54) is 5.57 Å². The van der Waals surface area contributed by atoms with Crippen molar-refractivity contribution in [3.8, 4) is 0 Å². The molecule has 0 saturated heterocycles. The first-order valence-corrected chi connectivity index (χ1v) is 13.7. The predicted molar refractivity (Wildman–Crippen MR) is 169 cm³/mol. The molecule has 0 bridgehead atoms.